The van der Waals surface area contributed by atoms with Crippen molar-refractivity contribution in [1.82, 2.24) is 10.2 Å². The molecule has 2 atom stereocenters. The van der Waals surface area contributed by atoms with Gasteiger partial charge in [-0.05, 0) is 38.2 Å². The van der Waals surface area contributed by atoms with Crippen LogP contribution in [0.5, 0.6) is 0 Å². The smallest absolute Gasteiger partial charge is 0.317 e. The summed E-state index contributed by atoms with van der Waals surface area (Å²) in [5, 5.41) is 12.1. The lowest BCUT2D eigenvalue weighted by Crippen LogP contribution is -2.44. The van der Waals surface area contributed by atoms with Gasteiger partial charge in [-0.3, -0.25) is 4.79 Å². The third-order valence-corrected chi connectivity index (χ3v) is 4.48. The van der Waals surface area contributed by atoms with Crippen LogP contribution >= 0.6 is 11.8 Å². The molecule has 2 unspecified atom stereocenters. The van der Waals surface area contributed by atoms with Crippen molar-refractivity contribution in [3.63, 3.8) is 0 Å². The number of nitrogens with zero attached hydrogens (tertiary/aromatic N) is 1. The van der Waals surface area contributed by atoms with Crippen LogP contribution in [-0.2, 0) is 4.79 Å². The number of likely N-dealkylation sites (tertiary alicyclic amines) is 1. The Kier molecular flexibility index (Phi) is 5.97. The zero-order valence-corrected chi connectivity index (χ0v) is 12.8. The summed E-state index contributed by atoms with van der Waals surface area (Å²) in [6.45, 7) is 6.62. The first-order valence-corrected chi connectivity index (χ1v) is 7.91. The zero-order valence-electron chi connectivity index (χ0n) is 11.9. The largest absolute Gasteiger partial charge is 0.481 e. The number of urea groups is 1. The van der Waals surface area contributed by atoms with Crippen LogP contribution in [0.1, 0.15) is 33.6 Å². The molecular weight excluding hydrogens is 264 g/mol. The van der Waals surface area contributed by atoms with E-state index in [0.717, 1.165) is 17.9 Å². The molecule has 110 valence electrons. The molecule has 0 spiro atoms. The van der Waals surface area contributed by atoms with Gasteiger partial charge in [-0.2, -0.15) is 11.8 Å². The molecule has 0 aromatic rings. The van der Waals surface area contributed by atoms with Crippen molar-refractivity contribution in [3.8, 4) is 0 Å². The SMILES string of the molecule is CCSCCC(C)NC(=O)N1CCC(C)(C(=O)O)C1. The Balaban J connectivity index is 2.37. The number of amides is 2. The number of carboxylic acid groups (broad SMARTS) is 1. The second-order valence-electron chi connectivity index (χ2n) is 5.37. The predicted octanol–water partition coefficient (Wildman–Crippen LogP) is 2.02. The minimum absolute atomic E-state index is 0.128. The van der Waals surface area contributed by atoms with Crippen molar-refractivity contribution in [2.45, 2.75) is 39.7 Å². The third-order valence-electron chi connectivity index (χ3n) is 3.55. The molecule has 0 radical (unpaired) electrons. The maximum absolute atomic E-state index is 12.0. The highest BCUT2D eigenvalue weighted by Gasteiger charge is 2.42. The lowest BCUT2D eigenvalue weighted by atomic mass is 9.90. The highest BCUT2D eigenvalue weighted by atomic mass is 32.2. The van der Waals surface area contributed by atoms with E-state index in [4.69, 9.17) is 5.11 Å². The summed E-state index contributed by atoms with van der Waals surface area (Å²) in [6, 6.07) is -0.0118. The molecule has 0 aromatic carbocycles. The molecule has 1 saturated heterocycles. The van der Waals surface area contributed by atoms with Crippen LogP contribution in [0.2, 0.25) is 0 Å². The number of carbonyl (C=O) groups is 2. The fourth-order valence-corrected chi connectivity index (χ4v) is 2.90. The first-order valence-electron chi connectivity index (χ1n) is 6.75. The van der Waals surface area contributed by atoms with Gasteiger partial charge in [0.1, 0.15) is 0 Å². The summed E-state index contributed by atoms with van der Waals surface area (Å²) in [5.74, 6) is 1.30. The molecular formula is C13H24N2O3S. The van der Waals surface area contributed by atoms with Crippen molar-refractivity contribution >= 4 is 23.8 Å². The molecule has 1 rings (SSSR count). The van der Waals surface area contributed by atoms with Crippen molar-refractivity contribution in [2.75, 3.05) is 24.6 Å². The number of carboxylic acids is 1. The van der Waals surface area contributed by atoms with Gasteiger partial charge in [0.15, 0.2) is 0 Å². The number of thioether (sulfide) groups is 1. The van der Waals surface area contributed by atoms with Crippen LogP contribution in [0.3, 0.4) is 0 Å². The average molecular weight is 288 g/mol. The lowest BCUT2D eigenvalue weighted by Gasteiger charge is -2.22. The highest BCUT2D eigenvalue weighted by molar-refractivity contribution is 7.99. The van der Waals surface area contributed by atoms with E-state index in [2.05, 4.69) is 12.2 Å². The number of rotatable bonds is 6. The van der Waals surface area contributed by atoms with Crippen LogP contribution in [-0.4, -0.2) is 52.6 Å². The van der Waals surface area contributed by atoms with E-state index in [1.165, 1.54) is 0 Å². The quantitative estimate of drug-likeness (QED) is 0.734. The Morgan fingerprint density at radius 3 is 2.74 bits per heavy atom. The molecule has 19 heavy (non-hydrogen) atoms. The van der Waals surface area contributed by atoms with Crippen LogP contribution in [0, 0.1) is 5.41 Å². The Morgan fingerprint density at radius 2 is 2.21 bits per heavy atom. The first-order chi connectivity index (χ1) is 8.89. The normalized spacial score (nSPS) is 24.3. The topological polar surface area (TPSA) is 69.6 Å². The zero-order chi connectivity index (χ0) is 14.5. The van der Waals surface area contributed by atoms with Crippen molar-refractivity contribution in [3.05, 3.63) is 0 Å². The second-order valence-corrected chi connectivity index (χ2v) is 6.77. The molecule has 5 nitrogen and oxygen atoms in total. The monoisotopic (exact) mass is 288 g/mol. The number of aliphatic carboxylic acids is 1. The fourth-order valence-electron chi connectivity index (χ4n) is 2.09. The van der Waals surface area contributed by atoms with Crippen molar-refractivity contribution in [1.29, 1.82) is 0 Å². The van der Waals surface area contributed by atoms with E-state index in [9.17, 15) is 9.59 Å². The summed E-state index contributed by atoms with van der Waals surface area (Å²) in [7, 11) is 0. The number of carbonyl (C=O) groups excluding carboxylic acids is 1. The van der Waals surface area contributed by atoms with Gasteiger partial charge in [0.2, 0.25) is 0 Å². The molecule has 0 saturated carbocycles. The van der Waals surface area contributed by atoms with Gasteiger partial charge in [-0.15, -0.1) is 0 Å². The molecule has 6 heteroatoms. The Hall–Kier alpha value is -0.910. The standard InChI is InChI=1S/C13H24N2O3S/c1-4-19-8-5-10(2)14-12(18)15-7-6-13(3,9-15)11(16)17/h10H,4-9H2,1-3H3,(H,14,18)(H,16,17). The van der Waals surface area contributed by atoms with Crippen LogP contribution < -0.4 is 5.32 Å². The van der Waals surface area contributed by atoms with E-state index >= 15 is 0 Å². The van der Waals surface area contributed by atoms with E-state index < -0.39 is 11.4 Å². The second kappa shape index (κ2) is 7.03. The minimum atomic E-state index is -0.824. The molecule has 1 aliphatic heterocycles. The maximum atomic E-state index is 12.0. The summed E-state index contributed by atoms with van der Waals surface area (Å²) >= 11 is 1.86. The predicted molar refractivity (Wildman–Crippen MR) is 77.5 cm³/mol. The van der Waals surface area contributed by atoms with Gasteiger partial charge >= 0.3 is 12.0 Å². The van der Waals surface area contributed by atoms with Crippen molar-refractivity contribution < 1.29 is 14.7 Å². The van der Waals surface area contributed by atoms with Gasteiger partial charge < -0.3 is 15.3 Å². The van der Waals surface area contributed by atoms with Gasteiger partial charge in [0.05, 0.1) is 5.41 Å². The summed E-state index contributed by atoms with van der Waals surface area (Å²) in [4.78, 5) is 24.7. The van der Waals surface area contributed by atoms with Crippen LogP contribution in [0.15, 0.2) is 0 Å². The molecule has 2 N–H and O–H groups in total. The maximum Gasteiger partial charge on any atom is 0.317 e. The van der Waals surface area contributed by atoms with E-state index in [1.807, 2.05) is 18.7 Å². The Morgan fingerprint density at radius 1 is 1.53 bits per heavy atom. The minimum Gasteiger partial charge on any atom is -0.481 e. The molecule has 0 aromatic heterocycles. The molecule has 1 fully saturated rings. The molecule has 2 amide bonds. The Labute approximate surface area is 119 Å². The first kappa shape index (κ1) is 16.1. The highest BCUT2D eigenvalue weighted by Crippen LogP contribution is 2.30. The van der Waals surface area contributed by atoms with E-state index in [0.29, 0.717) is 19.5 Å². The van der Waals surface area contributed by atoms with Gasteiger partial charge in [-0.1, -0.05) is 6.92 Å². The molecule has 1 aliphatic rings. The van der Waals surface area contributed by atoms with E-state index in [1.54, 1.807) is 11.8 Å². The number of hydrogen-bond donors (Lipinski definition) is 2. The summed E-state index contributed by atoms with van der Waals surface area (Å²) < 4.78 is 0. The summed E-state index contributed by atoms with van der Waals surface area (Å²) in [6.07, 6.45) is 1.46. The number of hydrogen-bond acceptors (Lipinski definition) is 3. The number of nitrogens with one attached hydrogen (secondary N) is 1. The fraction of sp³-hybridized carbons (Fsp3) is 0.846. The Bertz CT molecular complexity index is 338. The van der Waals surface area contributed by atoms with Gasteiger partial charge in [0, 0.05) is 19.1 Å². The summed E-state index contributed by atoms with van der Waals surface area (Å²) in [5.41, 5.74) is -0.793. The molecule has 1 heterocycles. The molecule has 0 aliphatic carbocycles. The van der Waals surface area contributed by atoms with E-state index in [-0.39, 0.29) is 12.1 Å². The van der Waals surface area contributed by atoms with Crippen LogP contribution in [0.4, 0.5) is 4.79 Å². The lowest BCUT2D eigenvalue weighted by molar-refractivity contribution is -0.146. The van der Waals surface area contributed by atoms with Crippen molar-refractivity contribution in [2.24, 2.45) is 5.41 Å². The average Bonchev–Trinajstić information content (AvgIpc) is 2.74. The molecule has 0 bridgehead atoms. The third kappa shape index (κ3) is 4.60. The van der Waals surface area contributed by atoms with Crippen LogP contribution in [0.25, 0.3) is 0 Å². The van der Waals surface area contributed by atoms with Gasteiger partial charge in [0.25, 0.3) is 0 Å². The van der Waals surface area contributed by atoms with Gasteiger partial charge in [-0.25, -0.2) is 4.79 Å².